The van der Waals surface area contributed by atoms with E-state index in [9.17, 15) is 4.79 Å². The lowest BCUT2D eigenvalue weighted by Crippen LogP contribution is -2.31. The fourth-order valence-corrected chi connectivity index (χ4v) is 2.23. The fraction of sp³-hybridized carbons (Fsp3) is 0.250. The topological polar surface area (TPSA) is 33.2 Å². The van der Waals surface area contributed by atoms with Gasteiger partial charge in [-0.05, 0) is 43.7 Å². The lowest BCUT2D eigenvalue weighted by Gasteiger charge is -2.21. The second-order valence-corrected chi connectivity index (χ2v) is 5.16. The van der Waals surface area contributed by atoms with Crippen molar-refractivity contribution >= 4 is 18.5 Å². The molecule has 4 heteroatoms. The number of amides is 1. The van der Waals surface area contributed by atoms with Crippen LogP contribution in [0.25, 0.3) is 0 Å². The van der Waals surface area contributed by atoms with E-state index >= 15 is 0 Å². The monoisotopic (exact) mass is 286 g/mol. The third-order valence-corrected chi connectivity index (χ3v) is 3.48. The zero-order valence-corrected chi connectivity index (χ0v) is 12.6. The van der Waals surface area contributed by atoms with E-state index in [1.54, 1.807) is 11.1 Å². The van der Waals surface area contributed by atoms with Gasteiger partial charge in [-0.15, -0.1) is 12.6 Å². The molecule has 0 atom stereocenters. The summed E-state index contributed by atoms with van der Waals surface area (Å²) in [6, 6.07) is 11.4. The number of rotatable bonds is 4. The second-order valence-electron chi connectivity index (χ2n) is 4.64. The summed E-state index contributed by atoms with van der Waals surface area (Å²) in [5.74, 6) is 0.0200. The smallest absolute Gasteiger partial charge is 0.254 e. The molecule has 2 aromatic rings. The highest BCUT2D eigenvalue weighted by Crippen LogP contribution is 2.17. The van der Waals surface area contributed by atoms with Crippen LogP contribution in [-0.4, -0.2) is 22.3 Å². The molecule has 20 heavy (non-hydrogen) atoms. The first-order chi connectivity index (χ1) is 9.61. The molecule has 2 rings (SSSR count). The van der Waals surface area contributed by atoms with E-state index in [1.165, 1.54) is 0 Å². The quantitative estimate of drug-likeness (QED) is 0.875. The highest BCUT2D eigenvalue weighted by atomic mass is 32.1. The van der Waals surface area contributed by atoms with E-state index in [0.717, 1.165) is 16.2 Å². The van der Waals surface area contributed by atoms with Gasteiger partial charge in [0.05, 0.1) is 12.2 Å². The van der Waals surface area contributed by atoms with Crippen LogP contribution in [-0.2, 0) is 6.54 Å². The molecule has 0 radical (unpaired) electrons. The number of benzene rings is 1. The average molecular weight is 286 g/mol. The standard InChI is InChI=1S/C16H18N2OS/c1-3-18(11-13-6-4-5-9-17-13)16(19)15-10-14(20)8-7-12(15)2/h4-10,20H,3,11H2,1-2H3. The summed E-state index contributed by atoms with van der Waals surface area (Å²) >= 11 is 4.31. The summed E-state index contributed by atoms with van der Waals surface area (Å²) in [6.07, 6.45) is 1.74. The van der Waals surface area contributed by atoms with Crippen LogP contribution in [0.5, 0.6) is 0 Å². The summed E-state index contributed by atoms with van der Waals surface area (Å²) < 4.78 is 0. The molecule has 1 aromatic carbocycles. The van der Waals surface area contributed by atoms with Crippen molar-refractivity contribution in [1.29, 1.82) is 0 Å². The molecule has 1 amide bonds. The number of hydrogen-bond acceptors (Lipinski definition) is 3. The molecule has 1 aromatic heterocycles. The van der Waals surface area contributed by atoms with E-state index in [1.807, 2.05) is 50.2 Å². The van der Waals surface area contributed by atoms with Crippen molar-refractivity contribution in [2.24, 2.45) is 0 Å². The number of carbonyl (C=O) groups excluding carboxylic acids is 1. The van der Waals surface area contributed by atoms with Gasteiger partial charge in [0.25, 0.3) is 5.91 Å². The SMILES string of the molecule is CCN(Cc1ccccn1)C(=O)c1cc(S)ccc1C. The lowest BCUT2D eigenvalue weighted by atomic mass is 10.1. The van der Waals surface area contributed by atoms with Crippen molar-refractivity contribution in [1.82, 2.24) is 9.88 Å². The third-order valence-electron chi connectivity index (χ3n) is 3.20. The number of thiol groups is 1. The Balaban J connectivity index is 2.23. The Morgan fingerprint density at radius 2 is 2.10 bits per heavy atom. The van der Waals surface area contributed by atoms with Crippen LogP contribution in [0.4, 0.5) is 0 Å². The number of nitrogens with zero attached hydrogens (tertiary/aromatic N) is 2. The van der Waals surface area contributed by atoms with Gasteiger partial charge in [0.2, 0.25) is 0 Å². The van der Waals surface area contributed by atoms with Crippen LogP contribution < -0.4 is 0 Å². The first kappa shape index (κ1) is 14.6. The molecule has 0 aliphatic rings. The first-order valence-electron chi connectivity index (χ1n) is 6.60. The van der Waals surface area contributed by atoms with Crippen molar-refractivity contribution in [3.8, 4) is 0 Å². The van der Waals surface area contributed by atoms with Gasteiger partial charge < -0.3 is 4.90 Å². The van der Waals surface area contributed by atoms with Crippen LogP contribution in [0.3, 0.4) is 0 Å². The Kier molecular flexibility index (Phi) is 4.79. The Labute approximate surface area is 125 Å². The minimum Gasteiger partial charge on any atom is -0.333 e. The maximum Gasteiger partial charge on any atom is 0.254 e. The van der Waals surface area contributed by atoms with Gasteiger partial charge >= 0.3 is 0 Å². The Morgan fingerprint density at radius 3 is 2.75 bits per heavy atom. The second kappa shape index (κ2) is 6.57. The van der Waals surface area contributed by atoms with Crippen LogP contribution in [0.15, 0.2) is 47.5 Å². The van der Waals surface area contributed by atoms with Gasteiger partial charge in [-0.3, -0.25) is 9.78 Å². The van der Waals surface area contributed by atoms with Crippen molar-refractivity contribution in [2.45, 2.75) is 25.3 Å². The van der Waals surface area contributed by atoms with Crippen molar-refractivity contribution in [3.63, 3.8) is 0 Å². The number of hydrogen-bond donors (Lipinski definition) is 1. The minimum atomic E-state index is 0.0200. The molecule has 1 heterocycles. The normalized spacial score (nSPS) is 10.3. The zero-order valence-electron chi connectivity index (χ0n) is 11.7. The Bertz CT molecular complexity index is 599. The number of aromatic nitrogens is 1. The van der Waals surface area contributed by atoms with Gasteiger partial charge in [-0.1, -0.05) is 12.1 Å². The van der Waals surface area contributed by atoms with Crippen LogP contribution >= 0.6 is 12.6 Å². The highest BCUT2D eigenvalue weighted by Gasteiger charge is 2.17. The molecule has 0 unspecified atom stereocenters. The van der Waals surface area contributed by atoms with E-state index < -0.39 is 0 Å². The molecule has 0 saturated carbocycles. The van der Waals surface area contributed by atoms with Gasteiger partial charge in [-0.25, -0.2) is 0 Å². The molecular weight excluding hydrogens is 268 g/mol. The summed E-state index contributed by atoms with van der Waals surface area (Å²) in [5.41, 5.74) is 2.56. The molecule has 0 bridgehead atoms. The van der Waals surface area contributed by atoms with E-state index in [2.05, 4.69) is 17.6 Å². The van der Waals surface area contributed by atoms with E-state index in [0.29, 0.717) is 18.7 Å². The third kappa shape index (κ3) is 3.39. The van der Waals surface area contributed by atoms with Crippen molar-refractivity contribution in [3.05, 3.63) is 59.4 Å². The minimum absolute atomic E-state index is 0.0200. The fourth-order valence-electron chi connectivity index (χ4n) is 2.03. The van der Waals surface area contributed by atoms with Crippen molar-refractivity contribution < 1.29 is 4.79 Å². The molecule has 3 nitrogen and oxygen atoms in total. The molecule has 0 saturated heterocycles. The zero-order chi connectivity index (χ0) is 14.5. The van der Waals surface area contributed by atoms with Gasteiger partial charge in [0.1, 0.15) is 0 Å². The summed E-state index contributed by atoms with van der Waals surface area (Å²) in [6.45, 7) is 5.08. The number of pyridine rings is 1. The first-order valence-corrected chi connectivity index (χ1v) is 7.05. The van der Waals surface area contributed by atoms with Crippen molar-refractivity contribution in [2.75, 3.05) is 6.54 Å². The Hall–Kier alpha value is -1.81. The molecule has 0 aliphatic heterocycles. The average Bonchev–Trinajstić information content (AvgIpc) is 2.47. The maximum atomic E-state index is 12.6. The Morgan fingerprint density at radius 1 is 1.30 bits per heavy atom. The molecule has 0 N–H and O–H groups in total. The predicted octanol–water partition coefficient (Wildman–Crippen LogP) is 3.34. The summed E-state index contributed by atoms with van der Waals surface area (Å²) in [5, 5.41) is 0. The van der Waals surface area contributed by atoms with E-state index in [4.69, 9.17) is 0 Å². The van der Waals surface area contributed by atoms with Gasteiger partial charge in [0.15, 0.2) is 0 Å². The molecule has 0 fully saturated rings. The van der Waals surface area contributed by atoms with Gasteiger partial charge in [-0.2, -0.15) is 0 Å². The van der Waals surface area contributed by atoms with Crippen LogP contribution in [0, 0.1) is 6.92 Å². The molecular formula is C16H18N2OS. The van der Waals surface area contributed by atoms with Crippen LogP contribution in [0.2, 0.25) is 0 Å². The number of aryl methyl sites for hydroxylation is 1. The predicted molar refractivity (Wildman–Crippen MR) is 83.1 cm³/mol. The summed E-state index contributed by atoms with van der Waals surface area (Å²) in [4.78, 5) is 19.5. The largest absolute Gasteiger partial charge is 0.333 e. The number of carbonyl (C=O) groups is 1. The molecule has 0 aliphatic carbocycles. The summed E-state index contributed by atoms with van der Waals surface area (Å²) in [7, 11) is 0. The maximum absolute atomic E-state index is 12.6. The lowest BCUT2D eigenvalue weighted by molar-refractivity contribution is 0.0749. The molecule has 104 valence electrons. The van der Waals surface area contributed by atoms with Gasteiger partial charge in [0, 0.05) is 23.2 Å². The van der Waals surface area contributed by atoms with E-state index in [-0.39, 0.29) is 5.91 Å². The molecule has 0 spiro atoms. The van der Waals surface area contributed by atoms with Crippen LogP contribution in [0.1, 0.15) is 28.5 Å². The highest BCUT2D eigenvalue weighted by molar-refractivity contribution is 7.80.